The third kappa shape index (κ3) is 6.47. The topological polar surface area (TPSA) is 90.9 Å². The first-order valence-corrected chi connectivity index (χ1v) is 8.87. The number of methoxy groups -OCH3 is 2. The van der Waals surface area contributed by atoms with E-state index in [4.69, 9.17) is 15.8 Å². The summed E-state index contributed by atoms with van der Waals surface area (Å²) in [6.45, 7) is -3.84. The van der Waals surface area contributed by atoms with Crippen LogP contribution in [0.4, 0.5) is 0 Å². The standard InChI is InChI=1S/C13H17ClNO6P/c1-19-12(16)9-8-11(13(17)20-2)15-22(14,18)21-10-6-4-3-5-7-10/h3-7,11H,8-9H2,1-2H3,(H,15,18)/t11-,22?/m0/s1. The maximum atomic E-state index is 12.2. The summed E-state index contributed by atoms with van der Waals surface area (Å²) in [5.74, 6) is -0.935. The van der Waals surface area contributed by atoms with Crippen molar-refractivity contribution >= 4 is 30.1 Å². The summed E-state index contributed by atoms with van der Waals surface area (Å²) in [6, 6.07) is 7.20. The van der Waals surface area contributed by atoms with Crippen LogP contribution < -0.4 is 9.61 Å². The van der Waals surface area contributed by atoms with E-state index in [1.165, 1.54) is 14.2 Å². The Kier molecular flexibility index (Phi) is 7.38. The Balaban J connectivity index is 2.72. The number of hydrogen-bond acceptors (Lipinski definition) is 6. The van der Waals surface area contributed by atoms with E-state index in [0.717, 1.165) is 0 Å². The molecule has 22 heavy (non-hydrogen) atoms. The van der Waals surface area contributed by atoms with Crippen molar-refractivity contribution in [3.8, 4) is 5.75 Å². The molecule has 2 atom stereocenters. The lowest BCUT2D eigenvalue weighted by atomic mass is 10.2. The van der Waals surface area contributed by atoms with Crippen molar-refractivity contribution in [2.45, 2.75) is 18.9 Å². The predicted molar refractivity (Wildman–Crippen MR) is 80.7 cm³/mol. The number of rotatable bonds is 8. The normalized spacial score (nSPS) is 14.5. The summed E-state index contributed by atoms with van der Waals surface area (Å²) in [5.41, 5.74) is 0. The molecule has 0 radical (unpaired) electrons. The lowest BCUT2D eigenvalue weighted by molar-refractivity contribution is -0.144. The number of nitrogens with one attached hydrogen (secondary N) is 1. The zero-order chi connectivity index (χ0) is 16.6. The lowest BCUT2D eigenvalue weighted by Crippen LogP contribution is -2.36. The van der Waals surface area contributed by atoms with Crippen molar-refractivity contribution in [1.82, 2.24) is 5.09 Å². The van der Waals surface area contributed by atoms with E-state index in [0.29, 0.717) is 0 Å². The van der Waals surface area contributed by atoms with E-state index >= 15 is 0 Å². The summed E-state index contributed by atoms with van der Waals surface area (Å²) >= 11 is 5.81. The predicted octanol–water partition coefficient (Wildman–Crippen LogP) is 2.50. The highest BCUT2D eigenvalue weighted by Crippen LogP contribution is 2.48. The molecule has 9 heteroatoms. The fraction of sp³-hybridized carbons (Fsp3) is 0.385. The molecule has 1 rings (SSSR count). The quantitative estimate of drug-likeness (QED) is 0.569. The Morgan fingerprint density at radius 1 is 1.23 bits per heavy atom. The van der Waals surface area contributed by atoms with Crippen LogP contribution in [0.5, 0.6) is 5.75 Å². The molecular formula is C13H17ClNO6P. The molecule has 7 nitrogen and oxygen atoms in total. The largest absolute Gasteiger partial charge is 0.469 e. The van der Waals surface area contributed by atoms with E-state index in [-0.39, 0.29) is 18.6 Å². The summed E-state index contributed by atoms with van der Waals surface area (Å²) in [7, 11) is 2.40. The summed E-state index contributed by atoms with van der Waals surface area (Å²) < 4.78 is 26.5. The van der Waals surface area contributed by atoms with Gasteiger partial charge in [0.1, 0.15) is 11.8 Å². The molecule has 0 fully saturated rings. The smallest absolute Gasteiger partial charge is 0.409 e. The minimum absolute atomic E-state index is 0.00814. The third-order valence-corrected chi connectivity index (χ3v) is 4.19. The van der Waals surface area contributed by atoms with Gasteiger partial charge in [-0.1, -0.05) is 18.2 Å². The molecule has 0 amide bonds. The molecule has 0 spiro atoms. The molecule has 1 N–H and O–H groups in total. The Morgan fingerprint density at radius 3 is 2.41 bits per heavy atom. The Morgan fingerprint density at radius 2 is 1.86 bits per heavy atom. The number of carbonyl (C=O) groups excluding carboxylic acids is 2. The molecule has 1 aromatic rings. The fourth-order valence-corrected chi connectivity index (χ4v) is 3.22. The lowest BCUT2D eigenvalue weighted by Gasteiger charge is -2.20. The van der Waals surface area contributed by atoms with Gasteiger partial charge in [0, 0.05) is 17.7 Å². The molecule has 0 heterocycles. The van der Waals surface area contributed by atoms with E-state index in [9.17, 15) is 14.2 Å². The molecule has 0 bridgehead atoms. The second kappa shape index (κ2) is 8.78. The van der Waals surface area contributed by atoms with Gasteiger partial charge >= 0.3 is 18.8 Å². The van der Waals surface area contributed by atoms with Gasteiger partial charge in [-0.2, -0.15) is 0 Å². The van der Waals surface area contributed by atoms with Gasteiger partial charge in [-0.15, -0.1) is 0 Å². The minimum Gasteiger partial charge on any atom is -0.469 e. The fourth-order valence-electron chi connectivity index (χ4n) is 1.57. The van der Waals surface area contributed by atoms with Crippen molar-refractivity contribution in [2.75, 3.05) is 14.2 Å². The number of para-hydroxylation sites is 1. The van der Waals surface area contributed by atoms with Crippen LogP contribution in [0.25, 0.3) is 0 Å². The number of halogens is 1. The van der Waals surface area contributed by atoms with Crippen LogP contribution in [0.2, 0.25) is 0 Å². The highest BCUT2D eigenvalue weighted by atomic mass is 35.7. The van der Waals surface area contributed by atoms with E-state index < -0.39 is 24.9 Å². The zero-order valence-electron chi connectivity index (χ0n) is 12.2. The van der Waals surface area contributed by atoms with Crippen molar-refractivity contribution in [3.63, 3.8) is 0 Å². The van der Waals surface area contributed by atoms with Crippen LogP contribution in [-0.2, 0) is 23.6 Å². The Labute approximate surface area is 133 Å². The molecule has 0 aliphatic rings. The first kappa shape index (κ1) is 18.5. The highest BCUT2D eigenvalue weighted by molar-refractivity contribution is 7.84. The molecule has 0 aromatic heterocycles. The monoisotopic (exact) mass is 349 g/mol. The maximum absolute atomic E-state index is 12.2. The van der Waals surface area contributed by atoms with Crippen LogP contribution in [-0.4, -0.2) is 32.2 Å². The summed E-state index contributed by atoms with van der Waals surface area (Å²) in [4.78, 5) is 22.8. The van der Waals surface area contributed by atoms with Crippen LogP contribution >= 0.6 is 18.1 Å². The zero-order valence-corrected chi connectivity index (χ0v) is 13.8. The van der Waals surface area contributed by atoms with Crippen LogP contribution in [0.1, 0.15) is 12.8 Å². The average molecular weight is 350 g/mol. The van der Waals surface area contributed by atoms with Crippen LogP contribution in [0, 0.1) is 0 Å². The van der Waals surface area contributed by atoms with Gasteiger partial charge in [0.15, 0.2) is 0 Å². The molecule has 0 aliphatic heterocycles. The van der Waals surface area contributed by atoms with Crippen molar-refractivity contribution in [1.29, 1.82) is 0 Å². The molecule has 122 valence electrons. The van der Waals surface area contributed by atoms with Crippen LogP contribution in [0.3, 0.4) is 0 Å². The van der Waals surface area contributed by atoms with E-state index in [1.54, 1.807) is 30.3 Å². The SMILES string of the molecule is COC(=O)CC[C@H](NP(=O)(Cl)Oc1ccccc1)C(=O)OC. The second-order valence-electron chi connectivity index (χ2n) is 4.20. The van der Waals surface area contributed by atoms with Gasteiger partial charge in [-0.05, 0) is 18.6 Å². The number of benzene rings is 1. The number of esters is 2. The van der Waals surface area contributed by atoms with Gasteiger partial charge < -0.3 is 14.0 Å². The first-order valence-electron chi connectivity index (χ1n) is 6.34. The van der Waals surface area contributed by atoms with E-state index in [1.807, 2.05) is 0 Å². The minimum atomic E-state index is -3.84. The summed E-state index contributed by atoms with van der Waals surface area (Å²) in [6.07, 6.45) is -0.0559. The Hall–Kier alpha value is -1.56. The number of carbonyl (C=O) groups is 2. The molecule has 0 saturated heterocycles. The van der Waals surface area contributed by atoms with Gasteiger partial charge in [0.25, 0.3) is 0 Å². The molecule has 1 unspecified atom stereocenters. The molecule has 0 aliphatic carbocycles. The van der Waals surface area contributed by atoms with Crippen LogP contribution in [0.15, 0.2) is 30.3 Å². The maximum Gasteiger partial charge on any atom is 0.409 e. The van der Waals surface area contributed by atoms with E-state index in [2.05, 4.69) is 14.6 Å². The average Bonchev–Trinajstić information content (AvgIpc) is 2.50. The van der Waals surface area contributed by atoms with Crippen molar-refractivity contribution in [2.24, 2.45) is 0 Å². The number of ether oxygens (including phenoxy) is 2. The van der Waals surface area contributed by atoms with Gasteiger partial charge in [0.05, 0.1) is 14.2 Å². The second-order valence-corrected chi connectivity index (χ2v) is 6.94. The van der Waals surface area contributed by atoms with Gasteiger partial charge in [0.2, 0.25) is 0 Å². The van der Waals surface area contributed by atoms with Gasteiger partial charge in [-0.3, -0.25) is 9.59 Å². The molecule has 0 saturated carbocycles. The van der Waals surface area contributed by atoms with Gasteiger partial charge in [-0.25, -0.2) is 9.65 Å². The molecule has 1 aromatic carbocycles. The molecular weight excluding hydrogens is 333 g/mol. The first-order chi connectivity index (χ1) is 10.4. The van der Waals surface area contributed by atoms with Crippen molar-refractivity contribution in [3.05, 3.63) is 30.3 Å². The number of hydrogen-bond donors (Lipinski definition) is 1. The summed E-state index contributed by atoms with van der Waals surface area (Å²) in [5, 5.41) is 2.39. The Bertz CT molecular complexity index is 553. The van der Waals surface area contributed by atoms with Crippen molar-refractivity contribution < 1.29 is 28.2 Å². The highest BCUT2D eigenvalue weighted by Gasteiger charge is 2.31. The third-order valence-electron chi connectivity index (χ3n) is 2.63.